The van der Waals surface area contributed by atoms with Crippen LogP contribution < -0.4 is 5.32 Å². The van der Waals surface area contributed by atoms with E-state index >= 15 is 0 Å². The van der Waals surface area contributed by atoms with Crippen molar-refractivity contribution in [2.75, 3.05) is 26.2 Å². The number of hydrogen-bond acceptors (Lipinski definition) is 4. The maximum Gasteiger partial charge on any atom is 0.229 e. The summed E-state index contributed by atoms with van der Waals surface area (Å²) in [5.74, 6) is 0.126. The Hall–Kier alpha value is -0.650. The van der Waals surface area contributed by atoms with Crippen molar-refractivity contribution < 1.29 is 15.0 Å². The van der Waals surface area contributed by atoms with E-state index in [9.17, 15) is 15.0 Å². The number of piperidine rings is 1. The van der Waals surface area contributed by atoms with Crippen LogP contribution in [0.4, 0.5) is 0 Å². The minimum absolute atomic E-state index is 0.126. The molecule has 0 spiro atoms. The standard InChI is InChI=1S/C13H24N2O3/c1-2-3-13(4-6-14-7-5-13)12(18)15-8-10(16)11(17)9-15/h10-11,14,16-17H,2-9H2,1H3/t10-,11+. The molecule has 1 amide bonds. The molecule has 0 bridgehead atoms. The van der Waals surface area contributed by atoms with Crippen LogP contribution in [-0.2, 0) is 4.79 Å². The molecule has 3 N–H and O–H groups in total. The lowest BCUT2D eigenvalue weighted by molar-refractivity contribution is -0.144. The van der Waals surface area contributed by atoms with Gasteiger partial charge in [-0.3, -0.25) is 4.79 Å². The fraction of sp³-hybridized carbons (Fsp3) is 0.923. The molecule has 2 aliphatic rings. The first-order chi connectivity index (χ1) is 8.59. The smallest absolute Gasteiger partial charge is 0.229 e. The van der Waals surface area contributed by atoms with Crippen molar-refractivity contribution in [2.24, 2.45) is 5.41 Å². The highest BCUT2D eigenvalue weighted by molar-refractivity contribution is 5.83. The van der Waals surface area contributed by atoms with Crippen molar-refractivity contribution in [3.8, 4) is 0 Å². The van der Waals surface area contributed by atoms with E-state index in [1.54, 1.807) is 4.90 Å². The van der Waals surface area contributed by atoms with Crippen LogP contribution in [0.3, 0.4) is 0 Å². The summed E-state index contributed by atoms with van der Waals surface area (Å²) in [6, 6.07) is 0. The van der Waals surface area contributed by atoms with Gasteiger partial charge in [-0.15, -0.1) is 0 Å². The number of likely N-dealkylation sites (tertiary alicyclic amines) is 1. The maximum atomic E-state index is 12.7. The summed E-state index contributed by atoms with van der Waals surface area (Å²) < 4.78 is 0. The average molecular weight is 256 g/mol. The molecule has 0 saturated carbocycles. The summed E-state index contributed by atoms with van der Waals surface area (Å²) >= 11 is 0. The average Bonchev–Trinajstić information content (AvgIpc) is 2.70. The highest BCUT2D eigenvalue weighted by Gasteiger charge is 2.44. The van der Waals surface area contributed by atoms with E-state index in [-0.39, 0.29) is 24.4 Å². The van der Waals surface area contributed by atoms with Crippen LogP contribution in [0.2, 0.25) is 0 Å². The molecular formula is C13H24N2O3. The number of amides is 1. The number of carbonyl (C=O) groups is 1. The van der Waals surface area contributed by atoms with Crippen LogP contribution in [0.15, 0.2) is 0 Å². The third-order valence-corrected chi connectivity index (χ3v) is 4.29. The van der Waals surface area contributed by atoms with Crippen molar-refractivity contribution in [1.82, 2.24) is 10.2 Å². The molecule has 0 aromatic heterocycles. The zero-order chi connectivity index (χ0) is 13.2. The topological polar surface area (TPSA) is 72.8 Å². The second kappa shape index (κ2) is 5.55. The van der Waals surface area contributed by atoms with Gasteiger partial charge in [0.15, 0.2) is 0 Å². The van der Waals surface area contributed by atoms with Crippen LogP contribution in [0, 0.1) is 5.41 Å². The summed E-state index contributed by atoms with van der Waals surface area (Å²) in [6.07, 6.45) is 2.05. The molecule has 0 aromatic rings. The predicted molar refractivity (Wildman–Crippen MR) is 68.0 cm³/mol. The van der Waals surface area contributed by atoms with Gasteiger partial charge in [0.25, 0.3) is 0 Å². The minimum atomic E-state index is -0.783. The van der Waals surface area contributed by atoms with Crippen LogP contribution in [-0.4, -0.2) is 59.4 Å². The van der Waals surface area contributed by atoms with Crippen LogP contribution >= 0.6 is 0 Å². The van der Waals surface area contributed by atoms with Gasteiger partial charge in [-0.2, -0.15) is 0 Å². The molecule has 104 valence electrons. The van der Waals surface area contributed by atoms with Gasteiger partial charge in [-0.05, 0) is 32.4 Å². The van der Waals surface area contributed by atoms with Crippen molar-refractivity contribution in [3.05, 3.63) is 0 Å². The normalized spacial score (nSPS) is 31.6. The molecular weight excluding hydrogens is 232 g/mol. The lowest BCUT2D eigenvalue weighted by atomic mass is 9.74. The van der Waals surface area contributed by atoms with Crippen molar-refractivity contribution in [2.45, 2.75) is 44.8 Å². The Morgan fingerprint density at radius 3 is 2.33 bits per heavy atom. The van der Waals surface area contributed by atoms with E-state index < -0.39 is 12.2 Å². The number of β-amino-alcohol motifs (C(OH)–C–C–N with tert-alkyl or cyclic N) is 2. The van der Waals surface area contributed by atoms with E-state index in [1.807, 2.05) is 0 Å². The number of nitrogens with one attached hydrogen (secondary N) is 1. The Morgan fingerprint density at radius 2 is 1.83 bits per heavy atom. The van der Waals surface area contributed by atoms with Gasteiger partial charge < -0.3 is 20.4 Å². The SMILES string of the molecule is CCCC1(C(=O)N2C[C@@H](O)[C@@H](O)C2)CCNCC1. The number of aliphatic hydroxyl groups excluding tert-OH is 2. The second-order valence-electron chi connectivity index (χ2n) is 5.63. The van der Waals surface area contributed by atoms with E-state index in [1.165, 1.54) is 0 Å². The van der Waals surface area contributed by atoms with Crippen LogP contribution in [0.25, 0.3) is 0 Å². The molecule has 2 fully saturated rings. The molecule has 18 heavy (non-hydrogen) atoms. The zero-order valence-electron chi connectivity index (χ0n) is 11.1. The van der Waals surface area contributed by atoms with E-state index in [4.69, 9.17) is 0 Å². The minimum Gasteiger partial charge on any atom is -0.388 e. The highest BCUT2D eigenvalue weighted by atomic mass is 16.3. The monoisotopic (exact) mass is 256 g/mol. The first kappa shape index (κ1) is 13.8. The molecule has 2 heterocycles. The number of hydrogen-bond donors (Lipinski definition) is 3. The zero-order valence-corrected chi connectivity index (χ0v) is 11.1. The van der Waals surface area contributed by atoms with Crippen LogP contribution in [0.5, 0.6) is 0 Å². The third kappa shape index (κ3) is 2.53. The molecule has 2 aliphatic heterocycles. The summed E-state index contributed by atoms with van der Waals surface area (Å²) in [5, 5.41) is 22.4. The van der Waals surface area contributed by atoms with E-state index in [0.717, 1.165) is 38.8 Å². The van der Waals surface area contributed by atoms with Crippen LogP contribution in [0.1, 0.15) is 32.6 Å². The summed E-state index contributed by atoms with van der Waals surface area (Å²) in [7, 11) is 0. The Balaban J connectivity index is 2.08. The number of nitrogens with zero attached hydrogens (tertiary/aromatic N) is 1. The van der Waals surface area contributed by atoms with E-state index in [0.29, 0.717) is 0 Å². The van der Waals surface area contributed by atoms with Crippen molar-refractivity contribution >= 4 is 5.91 Å². The molecule has 5 heteroatoms. The summed E-state index contributed by atoms with van der Waals surface area (Å²) in [5.41, 5.74) is -0.274. The Morgan fingerprint density at radius 1 is 1.28 bits per heavy atom. The maximum absolute atomic E-state index is 12.7. The van der Waals surface area contributed by atoms with Gasteiger partial charge >= 0.3 is 0 Å². The Bertz CT molecular complexity index is 287. The first-order valence-corrected chi connectivity index (χ1v) is 6.95. The lowest BCUT2D eigenvalue weighted by Gasteiger charge is -2.39. The summed E-state index contributed by atoms with van der Waals surface area (Å²) in [6.45, 7) is 4.41. The number of rotatable bonds is 3. The van der Waals surface area contributed by atoms with Gasteiger partial charge in [-0.1, -0.05) is 13.3 Å². The lowest BCUT2D eigenvalue weighted by Crippen LogP contribution is -2.49. The Kier molecular flexibility index (Phi) is 4.25. The quantitative estimate of drug-likeness (QED) is 0.649. The largest absolute Gasteiger partial charge is 0.388 e. The third-order valence-electron chi connectivity index (χ3n) is 4.29. The molecule has 0 radical (unpaired) electrons. The van der Waals surface area contributed by atoms with E-state index in [2.05, 4.69) is 12.2 Å². The van der Waals surface area contributed by atoms with Gasteiger partial charge in [0.05, 0.1) is 17.6 Å². The second-order valence-corrected chi connectivity index (χ2v) is 5.63. The predicted octanol–water partition coefficient (Wildman–Crippen LogP) is -0.280. The fourth-order valence-corrected chi connectivity index (χ4v) is 3.23. The van der Waals surface area contributed by atoms with Crippen molar-refractivity contribution in [3.63, 3.8) is 0 Å². The molecule has 0 aromatic carbocycles. The fourth-order valence-electron chi connectivity index (χ4n) is 3.23. The molecule has 0 aliphatic carbocycles. The molecule has 2 atom stereocenters. The molecule has 2 rings (SSSR count). The highest BCUT2D eigenvalue weighted by Crippen LogP contribution is 2.37. The van der Waals surface area contributed by atoms with Crippen molar-refractivity contribution in [1.29, 1.82) is 0 Å². The number of aliphatic hydroxyl groups is 2. The molecule has 5 nitrogen and oxygen atoms in total. The first-order valence-electron chi connectivity index (χ1n) is 6.95. The summed E-state index contributed by atoms with van der Waals surface area (Å²) in [4.78, 5) is 14.3. The number of carbonyl (C=O) groups excluding carboxylic acids is 1. The Labute approximate surface area is 108 Å². The molecule has 0 unspecified atom stereocenters. The van der Waals surface area contributed by atoms with Gasteiger partial charge in [0.1, 0.15) is 0 Å². The van der Waals surface area contributed by atoms with Gasteiger partial charge in [0.2, 0.25) is 5.91 Å². The van der Waals surface area contributed by atoms with Gasteiger partial charge in [0, 0.05) is 13.1 Å². The van der Waals surface area contributed by atoms with Gasteiger partial charge in [-0.25, -0.2) is 0 Å². The molecule has 2 saturated heterocycles.